The van der Waals surface area contributed by atoms with Crippen molar-refractivity contribution in [2.45, 2.75) is 16.2 Å². The lowest BCUT2D eigenvalue weighted by atomic mass is 9.54. The lowest BCUT2D eigenvalue weighted by Crippen LogP contribution is -2.57. The van der Waals surface area contributed by atoms with Crippen LogP contribution in [0.5, 0.6) is 0 Å². The molecule has 1 saturated heterocycles. The van der Waals surface area contributed by atoms with Gasteiger partial charge in [0.1, 0.15) is 9.75 Å². The van der Waals surface area contributed by atoms with Gasteiger partial charge in [0.2, 0.25) is 17.7 Å². The van der Waals surface area contributed by atoms with Gasteiger partial charge in [0.15, 0.2) is 0 Å². The maximum atomic E-state index is 13.7. The number of carbonyl (C=O) groups excluding carboxylic acids is 3. The molecule has 1 fully saturated rings. The number of hydrogen-bond donors (Lipinski definition) is 1. The molecule has 0 unspecified atom stereocenters. The molecule has 7 rings (SSSR count). The van der Waals surface area contributed by atoms with Crippen molar-refractivity contribution >= 4 is 46.6 Å². The van der Waals surface area contributed by atoms with Crippen LogP contribution in [0.2, 0.25) is 0 Å². The summed E-state index contributed by atoms with van der Waals surface area (Å²) in [5.74, 6) is -2.74. The number of carbonyl (C=O) groups is 3. The number of likely N-dealkylation sites (tertiary alicyclic amines) is 1. The summed E-state index contributed by atoms with van der Waals surface area (Å²) in [6, 6.07) is 24.1. The van der Waals surface area contributed by atoms with E-state index in [0.29, 0.717) is 5.69 Å². The van der Waals surface area contributed by atoms with Gasteiger partial charge in [0.05, 0.1) is 11.8 Å². The van der Waals surface area contributed by atoms with Crippen LogP contribution in [-0.2, 0) is 24.1 Å². The zero-order valence-electron chi connectivity index (χ0n) is 18.0. The lowest BCUT2D eigenvalue weighted by molar-refractivity contribution is -0.140. The van der Waals surface area contributed by atoms with E-state index in [2.05, 4.69) is 5.32 Å². The minimum atomic E-state index is -1.21. The normalized spacial score (nSPS) is 28.4. The van der Waals surface area contributed by atoms with Gasteiger partial charge in [-0.3, -0.25) is 19.3 Å². The Morgan fingerprint density at radius 1 is 0.735 bits per heavy atom. The molecule has 170 valence electrons. The highest BCUT2D eigenvalue weighted by molar-refractivity contribution is 6.36. The summed E-state index contributed by atoms with van der Waals surface area (Å²) in [4.78, 5) is 38.7. The molecule has 7 heteroatoms. The van der Waals surface area contributed by atoms with Gasteiger partial charge >= 0.3 is 0 Å². The third-order valence-electron chi connectivity index (χ3n) is 7.30. The Morgan fingerprint density at radius 2 is 1.15 bits per heavy atom. The summed E-state index contributed by atoms with van der Waals surface area (Å²) in [7, 11) is 0. The smallest absolute Gasteiger partial charge is 0.235 e. The van der Waals surface area contributed by atoms with E-state index in [1.54, 1.807) is 12.1 Å². The molecule has 0 aromatic heterocycles. The Labute approximate surface area is 206 Å². The van der Waals surface area contributed by atoms with Crippen molar-refractivity contribution in [2.75, 3.05) is 11.9 Å². The van der Waals surface area contributed by atoms with Crippen LogP contribution >= 0.6 is 23.2 Å². The molecule has 0 radical (unpaired) electrons. The molecule has 3 aliphatic carbocycles. The van der Waals surface area contributed by atoms with Crippen molar-refractivity contribution in [3.05, 3.63) is 101 Å². The molecule has 34 heavy (non-hydrogen) atoms. The fourth-order valence-electron chi connectivity index (χ4n) is 5.90. The first kappa shape index (κ1) is 21.4. The summed E-state index contributed by atoms with van der Waals surface area (Å²) in [6.45, 7) is -0.0318. The van der Waals surface area contributed by atoms with E-state index in [0.717, 1.165) is 22.3 Å². The van der Waals surface area contributed by atoms with Gasteiger partial charge in [-0.25, -0.2) is 0 Å². The number of para-hydroxylation sites is 1. The lowest BCUT2D eigenvalue weighted by Gasteiger charge is -2.54. The predicted molar refractivity (Wildman–Crippen MR) is 130 cm³/mol. The number of alkyl halides is 2. The predicted octanol–water partition coefficient (Wildman–Crippen LogP) is 4.61. The second-order valence-corrected chi connectivity index (χ2v) is 10.2. The van der Waals surface area contributed by atoms with E-state index in [1.807, 2.05) is 66.7 Å². The number of nitrogens with one attached hydrogen (secondary N) is 1. The van der Waals surface area contributed by atoms with Crippen molar-refractivity contribution in [1.82, 2.24) is 4.90 Å². The van der Waals surface area contributed by atoms with Gasteiger partial charge in [-0.15, -0.1) is 23.2 Å². The average Bonchev–Trinajstić information content (AvgIpc) is 3.12. The summed E-state index contributed by atoms with van der Waals surface area (Å²) in [5.41, 5.74) is 3.70. The Kier molecular flexibility index (Phi) is 4.67. The third kappa shape index (κ3) is 2.65. The maximum absolute atomic E-state index is 13.7. The van der Waals surface area contributed by atoms with Crippen molar-refractivity contribution in [3.8, 4) is 0 Å². The summed E-state index contributed by atoms with van der Waals surface area (Å²) in [5, 5.41) is 2.79. The van der Waals surface area contributed by atoms with Crippen LogP contribution in [0.1, 0.15) is 28.7 Å². The Hall–Kier alpha value is -3.15. The number of benzene rings is 3. The van der Waals surface area contributed by atoms with Crippen molar-refractivity contribution in [3.63, 3.8) is 0 Å². The molecular weight excluding hydrogens is 471 g/mol. The Bertz CT molecular complexity index is 1240. The molecule has 3 amide bonds. The maximum Gasteiger partial charge on any atom is 0.235 e. The minimum absolute atomic E-state index is 0.0176. The topological polar surface area (TPSA) is 66.5 Å². The number of amides is 3. The van der Waals surface area contributed by atoms with E-state index in [4.69, 9.17) is 23.2 Å². The van der Waals surface area contributed by atoms with Crippen LogP contribution in [0.3, 0.4) is 0 Å². The van der Waals surface area contributed by atoms with Gasteiger partial charge in [-0.2, -0.15) is 0 Å². The molecule has 1 N–H and O–H groups in total. The number of halogens is 2. The summed E-state index contributed by atoms with van der Waals surface area (Å²) in [6.07, 6.45) is -0.0176. The van der Waals surface area contributed by atoms with Crippen LogP contribution in [-0.4, -0.2) is 29.2 Å². The number of anilines is 1. The van der Waals surface area contributed by atoms with E-state index in [1.165, 1.54) is 4.90 Å². The van der Waals surface area contributed by atoms with Crippen LogP contribution in [0, 0.1) is 11.8 Å². The first-order valence-corrected chi connectivity index (χ1v) is 11.9. The van der Waals surface area contributed by atoms with Gasteiger partial charge in [0, 0.05) is 18.7 Å². The standard InChI is InChI=1S/C27H20Cl2N2O3/c28-26-17-10-4-5-11-18(17)27(29,20-13-7-6-12-19(20)26)23-22(26)24(33)31(25(23)34)15-14-21(32)30-16-8-2-1-3-9-16/h1-13,22-23H,14-15H2,(H,30,32)/t22-,23-,26?,27?/m0/s1. The Morgan fingerprint density at radius 3 is 1.59 bits per heavy atom. The fourth-order valence-corrected chi connectivity index (χ4v) is 7.00. The van der Waals surface area contributed by atoms with Crippen molar-refractivity contribution in [2.24, 2.45) is 11.8 Å². The van der Waals surface area contributed by atoms with Crippen LogP contribution in [0.15, 0.2) is 78.9 Å². The zero-order valence-corrected chi connectivity index (χ0v) is 19.5. The molecule has 1 heterocycles. The molecule has 3 aromatic rings. The zero-order chi connectivity index (χ0) is 23.7. The first-order chi connectivity index (χ1) is 16.4. The first-order valence-electron chi connectivity index (χ1n) is 11.2. The average molecular weight is 491 g/mol. The summed E-state index contributed by atoms with van der Waals surface area (Å²) >= 11 is 14.8. The molecule has 0 spiro atoms. The van der Waals surface area contributed by atoms with Gasteiger partial charge in [-0.05, 0) is 34.4 Å². The SMILES string of the molecule is O=C(CCN1C(=O)[C@@H]2[C@@H](C1=O)C1(Cl)c3ccccc3C2(Cl)c2ccccc21)Nc1ccccc1. The quantitative estimate of drug-likeness (QED) is 0.428. The van der Waals surface area contributed by atoms with E-state index in [9.17, 15) is 14.4 Å². The van der Waals surface area contributed by atoms with Crippen molar-refractivity contribution < 1.29 is 14.4 Å². The van der Waals surface area contributed by atoms with E-state index < -0.39 is 21.6 Å². The number of nitrogens with zero attached hydrogens (tertiary/aromatic N) is 1. The molecule has 0 saturated carbocycles. The molecule has 2 bridgehead atoms. The highest BCUT2D eigenvalue weighted by Crippen LogP contribution is 2.69. The van der Waals surface area contributed by atoms with Crippen LogP contribution in [0.4, 0.5) is 5.69 Å². The monoisotopic (exact) mass is 490 g/mol. The third-order valence-corrected chi connectivity index (χ3v) is 8.58. The van der Waals surface area contributed by atoms with E-state index in [-0.39, 0.29) is 30.7 Å². The molecule has 2 atom stereocenters. The van der Waals surface area contributed by atoms with E-state index >= 15 is 0 Å². The van der Waals surface area contributed by atoms with Gasteiger partial charge in [0.25, 0.3) is 0 Å². The van der Waals surface area contributed by atoms with Crippen molar-refractivity contribution in [1.29, 1.82) is 0 Å². The van der Waals surface area contributed by atoms with Gasteiger partial charge < -0.3 is 5.32 Å². The highest BCUT2D eigenvalue weighted by Gasteiger charge is 2.72. The fraction of sp³-hybridized carbons (Fsp3) is 0.222. The minimum Gasteiger partial charge on any atom is -0.326 e. The number of hydrogen-bond acceptors (Lipinski definition) is 3. The van der Waals surface area contributed by atoms with Gasteiger partial charge in [-0.1, -0.05) is 66.7 Å². The molecule has 3 aromatic carbocycles. The van der Waals surface area contributed by atoms with Crippen LogP contribution < -0.4 is 5.32 Å². The molecule has 5 nitrogen and oxygen atoms in total. The Balaban J connectivity index is 1.37. The summed E-state index contributed by atoms with van der Waals surface area (Å²) < 4.78 is 0. The van der Waals surface area contributed by atoms with Crippen LogP contribution in [0.25, 0.3) is 0 Å². The number of rotatable bonds is 4. The highest BCUT2D eigenvalue weighted by atomic mass is 35.5. The molecule has 1 aliphatic heterocycles. The molecular formula is C27H20Cl2N2O3. The largest absolute Gasteiger partial charge is 0.326 e. The second-order valence-electron chi connectivity index (χ2n) is 8.96. The number of imide groups is 1. The second kappa shape index (κ2) is 7.42. The molecule has 4 aliphatic rings.